The number of hydrogen-bond acceptors (Lipinski definition) is 3. The summed E-state index contributed by atoms with van der Waals surface area (Å²) in [4.78, 5) is 2.42. The van der Waals surface area contributed by atoms with Crippen molar-refractivity contribution in [1.82, 2.24) is 5.32 Å². The van der Waals surface area contributed by atoms with Crippen molar-refractivity contribution in [3.05, 3.63) is 29.3 Å². The average Bonchev–Trinajstić information content (AvgIpc) is 2.46. The summed E-state index contributed by atoms with van der Waals surface area (Å²) in [6, 6.07) is 7.25. The number of rotatable bonds is 4. The Balaban J connectivity index is 2.42. The standard InChI is InChI=1S/C16H26N2O/c1-4-13-7-6-8-14(5-2)16(13)18-10-12(3)17-9-15(18)11-19/h6-8,12,15,17,19H,4-5,9-11H2,1-3H3. The number of benzene rings is 1. The third-order valence-corrected chi connectivity index (χ3v) is 4.08. The Labute approximate surface area is 116 Å². The van der Waals surface area contributed by atoms with Crippen LogP contribution in [0.3, 0.4) is 0 Å². The molecule has 1 aliphatic rings. The molecule has 0 bridgehead atoms. The minimum Gasteiger partial charge on any atom is -0.394 e. The van der Waals surface area contributed by atoms with Crippen LogP contribution in [-0.2, 0) is 12.8 Å². The van der Waals surface area contributed by atoms with Crippen LogP contribution in [0.15, 0.2) is 18.2 Å². The number of para-hydroxylation sites is 1. The van der Waals surface area contributed by atoms with E-state index in [1.54, 1.807) is 0 Å². The average molecular weight is 262 g/mol. The molecule has 3 nitrogen and oxygen atoms in total. The van der Waals surface area contributed by atoms with Gasteiger partial charge in [-0.15, -0.1) is 0 Å². The second kappa shape index (κ2) is 6.40. The molecular weight excluding hydrogens is 236 g/mol. The zero-order valence-corrected chi connectivity index (χ0v) is 12.3. The van der Waals surface area contributed by atoms with Crippen molar-refractivity contribution in [2.24, 2.45) is 0 Å². The highest BCUT2D eigenvalue weighted by Gasteiger charge is 2.27. The van der Waals surface area contributed by atoms with E-state index in [-0.39, 0.29) is 12.6 Å². The SMILES string of the molecule is CCc1cccc(CC)c1N1CC(C)NCC1CO. The van der Waals surface area contributed by atoms with E-state index >= 15 is 0 Å². The van der Waals surface area contributed by atoms with Crippen LogP contribution >= 0.6 is 0 Å². The Kier molecular flexibility index (Phi) is 4.83. The number of aryl methyl sites for hydroxylation is 2. The molecule has 1 aliphatic heterocycles. The van der Waals surface area contributed by atoms with Gasteiger partial charge >= 0.3 is 0 Å². The maximum atomic E-state index is 9.65. The van der Waals surface area contributed by atoms with E-state index in [1.165, 1.54) is 16.8 Å². The first kappa shape index (κ1) is 14.4. The van der Waals surface area contributed by atoms with Gasteiger partial charge in [0.1, 0.15) is 0 Å². The van der Waals surface area contributed by atoms with Crippen molar-refractivity contribution < 1.29 is 5.11 Å². The number of nitrogens with zero attached hydrogens (tertiary/aromatic N) is 1. The molecule has 1 aromatic rings. The monoisotopic (exact) mass is 262 g/mol. The molecule has 0 aliphatic carbocycles. The predicted octanol–water partition coefficient (Wildman–Crippen LogP) is 1.97. The zero-order valence-electron chi connectivity index (χ0n) is 12.3. The number of piperazine rings is 1. The van der Waals surface area contributed by atoms with Crippen molar-refractivity contribution in [2.45, 2.75) is 45.7 Å². The number of anilines is 1. The summed E-state index contributed by atoms with van der Waals surface area (Å²) in [5.74, 6) is 0. The van der Waals surface area contributed by atoms with E-state index in [4.69, 9.17) is 0 Å². The molecule has 0 spiro atoms. The molecule has 2 unspecified atom stereocenters. The van der Waals surface area contributed by atoms with Crippen molar-refractivity contribution in [3.8, 4) is 0 Å². The first-order valence-corrected chi connectivity index (χ1v) is 7.42. The van der Waals surface area contributed by atoms with Gasteiger partial charge in [0.2, 0.25) is 0 Å². The Bertz CT molecular complexity index is 397. The lowest BCUT2D eigenvalue weighted by atomic mass is 9.98. The van der Waals surface area contributed by atoms with Gasteiger partial charge in [-0.3, -0.25) is 0 Å². The third kappa shape index (κ3) is 2.93. The van der Waals surface area contributed by atoms with Crippen LogP contribution in [0, 0.1) is 0 Å². The fraction of sp³-hybridized carbons (Fsp3) is 0.625. The normalized spacial score (nSPS) is 23.7. The first-order chi connectivity index (χ1) is 9.21. The van der Waals surface area contributed by atoms with Gasteiger partial charge in [-0.05, 0) is 30.9 Å². The van der Waals surface area contributed by atoms with Gasteiger partial charge in [0, 0.05) is 24.8 Å². The van der Waals surface area contributed by atoms with Gasteiger partial charge in [0.25, 0.3) is 0 Å². The minimum atomic E-state index is 0.189. The van der Waals surface area contributed by atoms with Gasteiger partial charge in [-0.25, -0.2) is 0 Å². The van der Waals surface area contributed by atoms with Crippen LogP contribution in [0.1, 0.15) is 31.9 Å². The van der Waals surface area contributed by atoms with Crippen molar-refractivity contribution in [3.63, 3.8) is 0 Å². The lowest BCUT2D eigenvalue weighted by Gasteiger charge is -2.42. The first-order valence-electron chi connectivity index (χ1n) is 7.42. The molecule has 2 N–H and O–H groups in total. The molecule has 2 rings (SSSR count). The Morgan fingerprint density at radius 3 is 2.42 bits per heavy atom. The summed E-state index contributed by atoms with van der Waals surface area (Å²) in [6.07, 6.45) is 2.08. The molecule has 106 valence electrons. The van der Waals surface area contributed by atoms with Crippen LogP contribution in [0.5, 0.6) is 0 Å². The molecule has 1 saturated heterocycles. The van der Waals surface area contributed by atoms with Gasteiger partial charge in [-0.1, -0.05) is 32.0 Å². The Hall–Kier alpha value is -1.06. The summed E-state index contributed by atoms with van der Waals surface area (Å²) >= 11 is 0. The van der Waals surface area contributed by atoms with E-state index in [1.807, 2.05) is 0 Å². The molecule has 3 heteroatoms. The molecule has 2 atom stereocenters. The molecule has 19 heavy (non-hydrogen) atoms. The second-order valence-corrected chi connectivity index (χ2v) is 5.43. The van der Waals surface area contributed by atoms with Crippen molar-refractivity contribution in [2.75, 3.05) is 24.6 Å². The summed E-state index contributed by atoms with van der Waals surface area (Å²) < 4.78 is 0. The highest BCUT2D eigenvalue weighted by Crippen LogP contribution is 2.29. The Morgan fingerprint density at radius 2 is 1.89 bits per heavy atom. The summed E-state index contributed by atoms with van der Waals surface area (Å²) in [5, 5.41) is 13.1. The van der Waals surface area contributed by atoms with Crippen molar-refractivity contribution in [1.29, 1.82) is 0 Å². The number of aliphatic hydroxyl groups is 1. The highest BCUT2D eigenvalue weighted by molar-refractivity contribution is 5.61. The zero-order chi connectivity index (χ0) is 13.8. The maximum absolute atomic E-state index is 9.65. The Morgan fingerprint density at radius 1 is 1.26 bits per heavy atom. The van der Waals surface area contributed by atoms with Gasteiger partial charge < -0.3 is 15.3 Å². The van der Waals surface area contributed by atoms with Crippen LogP contribution in [0.25, 0.3) is 0 Å². The van der Waals surface area contributed by atoms with Gasteiger partial charge in [-0.2, -0.15) is 0 Å². The number of hydrogen-bond donors (Lipinski definition) is 2. The predicted molar refractivity (Wildman–Crippen MR) is 80.9 cm³/mol. The third-order valence-electron chi connectivity index (χ3n) is 4.08. The van der Waals surface area contributed by atoms with E-state index in [0.717, 1.165) is 25.9 Å². The summed E-state index contributed by atoms with van der Waals surface area (Å²) in [5.41, 5.74) is 4.15. The summed E-state index contributed by atoms with van der Waals surface area (Å²) in [7, 11) is 0. The largest absolute Gasteiger partial charge is 0.394 e. The highest BCUT2D eigenvalue weighted by atomic mass is 16.3. The van der Waals surface area contributed by atoms with E-state index < -0.39 is 0 Å². The molecule has 1 aromatic carbocycles. The molecule has 1 heterocycles. The smallest absolute Gasteiger partial charge is 0.0647 e. The van der Waals surface area contributed by atoms with E-state index in [2.05, 4.69) is 49.2 Å². The topological polar surface area (TPSA) is 35.5 Å². The molecule has 0 amide bonds. The number of aliphatic hydroxyl groups excluding tert-OH is 1. The van der Waals surface area contributed by atoms with Gasteiger partial charge in [0.05, 0.1) is 12.6 Å². The van der Waals surface area contributed by atoms with Crippen LogP contribution in [-0.4, -0.2) is 36.9 Å². The maximum Gasteiger partial charge on any atom is 0.0647 e. The fourth-order valence-corrected chi connectivity index (χ4v) is 2.98. The molecule has 0 saturated carbocycles. The van der Waals surface area contributed by atoms with Crippen molar-refractivity contribution >= 4 is 5.69 Å². The van der Waals surface area contributed by atoms with E-state index in [9.17, 15) is 5.11 Å². The lowest BCUT2D eigenvalue weighted by Crippen LogP contribution is -2.57. The van der Waals surface area contributed by atoms with Gasteiger partial charge in [0.15, 0.2) is 0 Å². The number of nitrogens with one attached hydrogen (secondary N) is 1. The van der Waals surface area contributed by atoms with Crippen LogP contribution < -0.4 is 10.2 Å². The summed E-state index contributed by atoms with van der Waals surface area (Å²) in [6.45, 7) is 8.66. The molecule has 1 fully saturated rings. The lowest BCUT2D eigenvalue weighted by molar-refractivity contribution is 0.237. The molecular formula is C16H26N2O. The van der Waals surface area contributed by atoms with Crippen LogP contribution in [0.2, 0.25) is 0 Å². The second-order valence-electron chi connectivity index (χ2n) is 5.43. The minimum absolute atomic E-state index is 0.189. The molecule has 0 aromatic heterocycles. The fourth-order valence-electron chi connectivity index (χ4n) is 2.98. The van der Waals surface area contributed by atoms with Crippen LogP contribution in [0.4, 0.5) is 5.69 Å². The molecule has 0 radical (unpaired) electrons. The quantitative estimate of drug-likeness (QED) is 0.871. The van der Waals surface area contributed by atoms with E-state index in [0.29, 0.717) is 6.04 Å².